The molecule has 4 rings (SSSR count). The maximum atomic E-state index is 12.9. The Morgan fingerprint density at radius 3 is 2.44 bits per heavy atom. The Morgan fingerprint density at radius 1 is 1.12 bits per heavy atom. The van der Waals surface area contributed by atoms with Crippen LogP contribution in [0.15, 0.2) is 54.7 Å². The lowest BCUT2D eigenvalue weighted by atomic mass is 9.99. The highest BCUT2D eigenvalue weighted by Gasteiger charge is 2.32. The van der Waals surface area contributed by atoms with Gasteiger partial charge in [-0.1, -0.05) is 18.2 Å². The number of likely N-dealkylation sites (tertiary alicyclic amines) is 1. The standard InChI is InChI=1S/C24H27N5O3/c1-24(2,3)29-21(19-6-4-5-11-25-19)12-20(27-29)22(30)26-18-9-7-16(8-10-18)13-28-14-17(15-28)23(31)32/h4-12,17H,13-15H2,1-3H3,(H,26,30)(H,31,32). The lowest BCUT2D eigenvalue weighted by Gasteiger charge is -2.36. The van der Waals surface area contributed by atoms with Crippen molar-refractivity contribution in [1.29, 1.82) is 0 Å². The van der Waals surface area contributed by atoms with E-state index in [0.29, 0.717) is 31.0 Å². The molecule has 1 fully saturated rings. The largest absolute Gasteiger partial charge is 0.481 e. The minimum atomic E-state index is -0.737. The number of carboxylic acid groups (broad SMARTS) is 1. The monoisotopic (exact) mass is 433 g/mol. The second-order valence-electron chi connectivity index (χ2n) is 9.09. The second-order valence-corrected chi connectivity index (χ2v) is 9.09. The smallest absolute Gasteiger partial charge is 0.309 e. The summed E-state index contributed by atoms with van der Waals surface area (Å²) in [5.41, 5.74) is 3.30. The normalized spacial score (nSPS) is 14.7. The van der Waals surface area contributed by atoms with Crippen molar-refractivity contribution in [1.82, 2.24) is 19.7 Å². The van der Waals surface area contributed by atoms with Gasteiger partial charge in [0.05, 0.1) is 22.8 Å². The molecule has 2 aromatic heterocycles. The zero-order valence-corrected chi connectivity index (χ0v) is 18.4. The van der Waals surface area contributed by atoms with Crippen LogP contribution in [-0.2, 0) is 16.9 Å². The molecule has 166 valence electrons. The van der Waals surface area contributed by atoms with E-state index in [1.807, 2.05) is 67.9 Å². The molecule has 0 spiro atoms. The van der Waals surface area contributed by atoms with Crippen molar-refractivity contribution < 1.29 is 14.7 Å². The lowest BCUT2D eigenvalue weighted by Crippen LogP contribution is -2.49. The van der Waals surface area contributed by atoms with E-state index in [9.17, 15) is 9.59 Å². The molecule has 8 heteroatoms. The first-order valence-electron chi connectivity index (χ1n) is 10.6. The maximum Gasteiger partial charge on any atom is 0.309 e. The molecule has 0 atom stereocenters. The molecule has 0 radical (unpaired) electrons. The Bertz CT molecular complexity index is 1110. The van der Waals surface area contributed by atoms with Crippen molar-refractivity contribution in [2.24, 2.45) is 5.92 Å². The summed E-state index contributed by atoms with van der Waals surface area (Å²) in [4.78, 5) is 30.3. The molecule has 2 N–H and O–H groups in total. The Hall–Kier alpha value is -3.52. The molecule has 0 aliphatic carbocycles. The van der Waals surface area contributed by atoms with E-state index in [0.717, 1.165) is 17.0 Å². The number of aliphatic carboxylic acids is 1. The van der Waals surface area contributed by atoms with E-state index in [4.69, 9.17) is 5.11 Å². The predicted octanol–water partition coefficient (Wildman–Crippen LogP) is 3.47. The van der Waals surface area contributed by atoms with E-state index in [1.165, 1.54) is 0 Å². The van der Waals surface area contributed by atoms with Gasteiger partial charge in [-0.3, -0.25) is 24.2 Å². The first kappa shape index (κ1) is 21.7. The molecule has 3 aromatic rings. The fourth-order valence-corrected chi connectivity index (χ4v) is 3.70. The lowest BCUT2D eigenvalue weighted by molar-refractivity contribution is -0.147. The molecule has 8 nitrogen and oxygen atoms in total. The summed E-state index contributed by atoms with van der Waals surface area (Å²) in [6, 6.07) is 15.0. The van der Waals surface area contributed by atoms with Gasteiger partial charge in [-0.15, -0.1) is 0 Å². The number of rotatable bonds is 6. The van der Waals surface area contributed by atoms with Gasteiger partial charge in [0.2, 0.25) is 0 Å². The highest BCUT2D eigenvalue weighted by atomic mass is 16.4. The average Bonchev–Trinajstić information content (AvgIpc) is 3.18. The number of aromatic nitrogens is 3. The third-order valence-corrected chi connectivity index (χ3v) is 5.43. The Labute approximate surface area is 186 Å². The molecule has 0 unspecified atom stereocenters. The predicted molar refractivity (Wildman–Crippen MR) is 121 cm³/mol. The number of anilines is 1. The summed E-state index contributed by atoms with van der Waals surface area (Å²) in [6.45, 7) is 7.93. The number of carbonyl (C=O) groups is 2. The third-order valence-electron chi connectivity index (χ3n) is 5.43. The zero-order valence-electron chi connectivity index (χ0n) is 18.4. The number of amides is 1. The molecule has 32 heavy (non-hydrogen) atoms. The molecule has 1 aliphatic rings. The van der Waals surface area contributed by atoms with E-state index in [1.54, 1.807) is 12.3 Å². The molecular weight excluding hydrogens is 406 g/mol. The van der Waals surface area contributed by atoms with Crippen molar-refractivity contribution in [3.8, 4) is 11.4 Å². The molecule has 0 saturated carbocycles. The topological polar surface area (TPSA) is 100 Å². The van der Waals surface area contributed by atoms with Gasteiger partial charge in [-0.2, -0.15) is 5.10 Å². The quantitative estimate of drug-likeness (QED) is 0.617. The molecule has 0 bridgehead atoms. The van der Waals surface area contributed by atoms with Crippen LogP contribution in [-0.4, -0.2) is 49.7 Å². The van der Waals surface area contributed by atoms with Crippen LogP contribution in [0.25, 0.3) is 11.4 Å². The van der Waals surface area contributed by atoms with Gasteiger partial charge in [0, 0.05) is 31.5 Å². The van der Waals surface area contributed by atoms with Crippen LogP contribution < -0.4 is 5.32 Å². The van der Waals surface area contributed by atoms with Crippen molar-refractivity contribution >= 4 is 17.6 Å². The number of nitrogens with zero attached hydrogens (tertiary/aromatic N) is 4. The van der Waals surface area contributed by atoms with Crippen LogP contribution >= 0.6 is 0 Å². The summed E-state index contributed by atoms with van der Waals surface area (Å²) < 4.78 is 1.82. The van der Waals surface area contributed by atoms with Gasteiger partial charge in [0.15, 0.2) is 5.69 Å². The van der Waals surface area contributed by atoms with Crippen molar-refractivity contribution in [2.75, 3.05) is 18.4 Å². The molecular formula is C24H27N5O3. The van der Waals surface area contributed by atoms with Crippen LogP contribution in [0.2, 0.25) is 0 Å². The van der Waals surface area contributed by atoms with Crippen molar-refractivity contribution in [3.05, 3.63) is 66.0 Å². The third kappa shape index (κ3) is 4.70. The van der Waals surface area contributed by atoms with Gasteiger partial charge in [0.1, 0.15) is 0 Å². The van der Waals surface area contributed by atoms with Crippen LogP contribution in [0.1, 0.15) is 36.8 Å². The van der Waals surface area contributed by atoms with E-state index < -0.39 is 5.97 Å². The van der Waals surface area contributed by atoms with Gasteiger partial charge in [-0.25, -0.2) is 0 Å². The average molecular weight is 434 g/mol. The van der Waals surface area contributed by atoms with E-state index in [2.05, 4.69) is 20.3 Å². The van der Waals surface area contributed by atoms with Crippen LogP contribution in [0.5, 0.6) is 0 Å². The fourth-order valence-electron chi connectivity index (χ4n) is 3.70. The Morgan fingerprint density at radius 2 is 1.84 bits per heavy atom. The number of carbonyl (C=O) groups excluding carboxylic acids is 1. The Kier molecular flexibility index (Phi) is 5.80. The van der Waals surface area contributed by atoms with E-state index in [-0.39, 0.29) is 17.4 Å². The molecule has 1 saturated heterocycles. The SMILES string of the molecule is CC(C)(C)n1nc(C(=O)Nc2ccc(CN3CC(C(=O)O)C3)cc2)cc1-c1ccccn1. The van der Waals surface area contributed by atoms with Crippen LogP contribution in [0.4, 0.5) is 5.69 Å². The van der Waals surface area contributed by atoms with Gasteiger partial charge in [0.25, 0.3) is 5.91 Å². The van der Waals surface area contributed by atoms with Gasteiger partial charge in [-0.05, 0) is 56.7 Å². The Balaban J connectivity index is 1.45. The van der Waals surface area contributed by atoms with Crippen LogP contribution in [0.3, 0.4) is 0 Å². The highest BCUT2D eigenvalue weighted by Crippen LogP contribution is 2.26. The maximum absolute atomic E-state index is 12.9. The number of benzene rings is 1. The van der Waals surface area contributed by atoms with Crippen LogP contribution in [0, 0.1) is 5.92 Å². The first-order valence-corrected chi connectivity index (χ1v) is 10.6. The molecule has 1 amide bonds. The highest BCUT2D eigenvalue weighted by molar-refractivity contribution is 6.03. The van der Waals surface area contributed by atoms with Crippen molar-refractivity contribution in [3.63, 3.8) is 0 Å². The van der Waals surface area contributed by atoms with Gasteiger partial charge < -0.3 is 10.4 Å². The summed E-state index contributed by atoms with van der Waals surface area (Å²) in [7, 11) is 0. The first-order chi connectivity index (χ1) is 15.2. The molecule has 3 heterocycles. The second kappa shape index (κ2) is 8.55. The van der Waals surface area contributed by atoms with Crippen molar-refractivity contribution in [2.45, 2.75) is 32.9 Å². The number of carboxylic acids is 1. The fraction of sp³-hybridized carbons (Fsp3) is 0.333. The van der Waals surface area contributed by atoms with E-state index >= 15 is 0 Å². The minimum Gasteiger partial charge on any atom is -0.481 e. The summed E-state index contributed by atoms with van der Waals surface area (Å²) >= 11 is 0. The van der Waals surface area contributed by atoms with Gasteiger partial charge >= 0.3 is 5.97 Å². The number of pyridine rings is 1. The summed E-state index contributed by atoms with van der Waals surface area (Å²) in [5.74, 6) is -1.29. The minimum absolute atomic E-state index is 0.266. The molecule has 1 aromatic carbocycles. The summed E-state index contributed by atoms with van der Waals surface area (Å²) in [6.07, 6.45) is 1.72. The summed E-state index contributed by atoms with van der Waals surface area (Å²) in [5, 5.41) is 16.4. The number of nitrogens with one attached hydrogen (secondary N) is 1. The zero-order chi connectivity index (χ0) is 22.9. The number of hydrogen-bond acceptors (Lipinski definition) is 5. The molecule has 1 aliphatic heterocycles. The number of hydrogen-bond donors (Lipinski definition) is 2.